The Balaban J connectivity index is 1.78. The molecule has 1 atom stereocenters. The average Bonchev–Trinajstić information content (AvgIpc) is 2.95. The Morgan fingerprint density at radius 3 is 2.22 bits per heavy atom. The first kappa shape index (κ1) is 29.3. The molecular weight excluding hydrogens is 517 g/mol. The Kier molecular flexibility index (Phi) is 9.07. The van der Waals surface area contributed by atoms with E-state index in [4.69, 9.17) is 0 Å². The van der Waals surface area contributed by atoms with Gasteiger partial charge in [0.05, 0.1) is 5.56 Å². The number of nitrogens with one attached hydrogen (secondary N) is 1. The van der Waals surface area contributed by atoms with Crippen LogP contribution in [0.15, 0.2) is 97.3 Å². The molecule has 0 saturated carbocycles. The lowest BCUT2D eigenvalue weighted by atomic mass is 9.87. The van der Waals surface area contributed by atoms with Gasteiger partial charge in [-0.25, -0.2) is 4.39 Å². The molecular formula is C34H34FN3O3. The normalized spacial score (nSPS) is 11.9. The number of amides is 2. The highest BCUT2D eigenvalue weighted by molar-refractivity contribution is 6.15. The molecule has 4 aromatic rings. The van der Waals surface area contributed by atoms with Crippen LogP contribution >= 0.6 is 0 Å². The van der Waals surface area contributed by atoms with E-state index < -0.39 is 17.9 Å². The smallest absolute Gasteiger partial charge is 0.260 e. The van der Waals surface area contributed by atoms with Crippen LogP contribution in [0.1, 0.15) is 71.1 Å². The number of hydrogen-bond donors (Lipinski definition) is 1. The molecule has 0 saturated heterocycles. The lowest BCUT2D eigenvalue weighted by Crippen LogP contribution is -2.45. The first-order valence-corrected chi connectivity index (χ1v) is 13.5. The molecule has 0 aliphatic heterocycles. The first-order valence-electron chi connectivity index (χ1n) is 13.5. The molecule has 0 radical (unpaired) electrons. The van der Waals surface area contributed by atoms with Crippen molar-refractivity contribution in [3.8, 4) is 0 Å². The van der Waals surface area contributed by atoms with E-state index >= 15 is 0 Å². The van der Waals surface area contributed by atoms with E-state index in [0.717, 1.165) is 11.1 Å². The maximum Gasteiger partial charge on any atom is 0.260 e. The molecule has 1 N–H and O–H groups in total. The van der Waals surface area contributed by atoms with Crippen molar-refractivity contribution in [1.82, 2.24) is 10.3 Å². The number of nitrogens with zero attached hydrogens (tertiary/aromatic N) is 2. The lowest BCUT2D eigenvalue weighted by Gasteiger charge is -2.32. The molecule has 6 nitrogen and oxygen atoms in total. The Hall–Kier alpha value is -4.65. The third-order valence-corrected chi connectivity index (χ3v) is 6.88. The predicted molar refractivity (Wildman–Crippen MR) is 158 cm³/mol. The van der Waals surface area contributed by atoms with Gasteiger partial charge in [-0.3, -0.25) is 24.3 Å². The number of carbonyl (C=O) groups is 3. The molecule has 0 fully saturated rings. The van der Waals surface area contributed by atoms with E-state index in [1.807, 2.05) is 24.3 Å². The molecule has 0 aliphatic carbocycles. The maximum absolute atomic E-state index is 14.3. The van der Waals surface area contributed by atoms with Crippen molar-refractivity contribution in [2.75, 3.05) is 11.4 Å². The summed E-state index contributed by atoms with van der Waals surface area (Å²) in [5, 5.41) is 2.93. The predicted octanol–water partition coefficient (Wildman–Crippen LogP) is 6.47. The van der Waals surface area contributed by atoms with Gasteiger partial charge in [-0.1, -0.05) is 69.3 Å². The van der Waals surface area contributed by atoms with Crippen LogP contribution < -0.4 is 10.2 Å². The van der Waals surface area contributed by atoms with E-state index in [1.54, 1.807) is 60.9 Å². The monoisotopic (exact) mass is 551 g/mol. The van der Waals surface area contributed by atoms with E-state index in [1.165, 1.54) is 24.0 Å². The van der Waals surface area contributed by atoms with Gasteiger partial charge in [0.1, 0.15) is 11.9 Å². The van der Waals surface area contributed by atoms with Gasteiger partial charge < -0.3 is 5.32 Å². The zero-order chi connectivity index (χ0) is 29.6. The van der Waals surface area contributed by atoms with Crippen molar-refractivity contribution >= 4 is 23.3 Å². The SMILES string of the molecule is CC(=O)c1ccccc1C(=O)N(c1ccc(C(C)(C)C)cc1)C(C(=O)NCCc1cccc(F)c1)c1cccnc1. The summed E-state index contributed by atoms with van der Waals surface area (Å²) < 4.78 is 13.7. The van der Waals surface area contributed by atoms with Crippen molar-refractivity contribution < 1.29 is 18.8 Å². The average molecular weight is 552 g/mol. The van der Waals surface area contributed by atoms with Crippen LogP contribution in [0.3, 0.4) is 0 Å². The maximum atomic E-state index is 14.3. The van der Waals surface area contributed by atoms with Gasteiger partial charge >= 0.3 is 0 Å². The van der Waals surface area contributed by atoms with Crippen LogP contribution in [0, 0.1) is 5.82 Å². The number of anilines is 1. The summed E-state index contributed by atoms with van der Waals surface area (Å²) in [4.78, 5) is 46.4. The molecule has 2 amide bonds. The van der Waals surface area contributed by atoms with Gasteiger partial charge in [-0.05, 0) is 66.3 Å². The molecule has 7 heteroatoms. The fourth-order valence-electron chi connectivity index (χ4n) is 4.69. The van der Waals surface area contributed by atoms with E-state index in [2.05, 4.69) is 31.1 Å². The quantitative estimate of drug-likeness (QED) is 0.242. The molecule has 41 heavy (non-hydrogen) atoms. The highest BCUT2D eigenvalue weighted by Gasteiger charge is 2.35. The Labute approximate surface area is 240 Å². The van der Waals surface area contributed by atoms with Crippen molar-refractivity contribution in [3.63, 3.8) is 0 Å². The van der Waals surface area contributed by atoms with Crippen LogP contribution in [0.4, 0.5) is 10.1 Å². The number of pyridine rings is 1. The second-order valence-electron chi connectivity index (χ2n) is 10.9. The zero-order valence-corrected chi connectivity index (χ0v) is 23.7. The number of Topliss-reactive ketones (excluding diaryl/α,β-unsaturated/α-hetero) is 1. The second-order valence-corrected chi connectivity index (χ2v) is 10.9. The van der Waals surface area contributed by atoms with Crippen molar-refractivity contribution in [1.29, 1.82) is 0 Å². The molecule has 0 aliphatic rings. The van der Waals surface area contributed by atoms with Gasteiger partial charge in [0.15, 0.2) is 5.78 Å². The standard InChI is InChI=1S/C34H34FN3O3/c1-23(39)29-12-5-6-13-30(29)33(41)38(28-16-14-26(15-17-28)34(2,3)4)31(25-10-8-19-36-22-25)32(40)37-20-18-24-9-7-11-27(35)21-24/h5-17,19,21-22,31H,18,20H2,1-4H3,(H,37,40). The summed E-state index contributed by atoms with van der Waals surface area (Å²) in [5.41, 5.74) is 3.15. The number of hydrogen-bond acceptors (Lipinski definition) is 4. The summed E-state index contributed by atoms with van der Waals surface area (Å²) in [6.45, 7) is 7.93. The van der Waals surface area contributed by atoms with Crippen molar-refractivity contribution in [2.45, 2.75) is 45.6 Å². The van der Waals surface area contributed by atoms with Crippen LogP contribution in [0.25, 0.3) is 0 Å². The number of carbonyl (C=O) groups excluding carboxylic acids is 3. The number of benzene rings is 3. The highest BCUT2D eigenvalue weighted by atomic mass is 19.1. The number of ketones is 1. The zero-order valence-electron chi connectivity index (χ0n) is 23.7. The number of halogens is 1. The van der Waals surface area contributed by atoms with Gasteiger partial charge in [0.2, 0.25) is 5.91 Å². The molecule has 1 heterocycles. The highest BCUT2D eigenvalue weighted by Crippen LogP contribution is 2.32. The van der Waals surface area contributed by atoms with Crippen LogP contribution in [0.5, 0.6) is 0 Å². The van der Waals surface area contributed by atoms with Gasteiger partial charge in [0.25, 0.3) is 5.91 Å². The van der Waals surface area contributed by atoms with Crippen LogP contribution in [-0.2, 0) is 16.6 Å². The molecule has 3 aromatic carbocycles. The Morgan fingerprint density at radius 1 is 0.902 bits per heavy atom. The molecule has 1 aromatic heterocycles. The third kappa shape index (κ3) is 7.11. The summed E-state index contributed by atoms with van der Waals surface area (Å²) in [7, 11) is 0. The minimum absolute atomic E-state index is 0.119. The first-order chi connectivity index (χ1) is 19.6. The van der Waals surface area contributed by atoms with Crippen molar-refractivity contribution in [2.24, 2.45) is 0 Å². The molecule has 0 bridgehead atoms. The van der Waals surface area contributed by atoms with Crippen molar-refractivity contribution in [3.05, 3.63) is 131 Å². The molecule has 210 valence electrons. The Bertz CT molecular complexity index is 1530. The summed E-state index contributed by atoms with van der Waals surface area (Å²) >= 11 is 0. The summed E-state index contributed by atoms with van der Waals surface area (Å²) in [6, 6.07) is 22.7. The molecule has 0 spiro atoms. The summed E-state index contributed by atoms with van der Waals surface area (Å²) in [5.74, 6) is -1.52. The van der Waals surface area contributed by atoms with Gasteiger partial charge in [-0.15, -0.1) is 0 Å². The molecule has 1 unspecified atom stereocenters. The topological polar surface area (TPSA) is 79.4 Å². The number of aromatic nitrogens is 1. The third-order valence-electron chi connectivity index (χ3n) is 6.88. The fraction of sp³-hybridized carbons (Fsp3) is 0.235. The van der Waals surface area contributed by atoms with E-state index in [-0.39, 0.29) is 34.7 Å². The largest absolute Gasteiger partial charge is 0.354 e. The van der Waals surface area contributed by atoms with Crippen LogP contribution in [0.2, 0.25) is 0 Å². The van der Waals surface area contributed by atoms with E-state index in [0.29, 0.717) is 17.7 Å². The fourth-order valence-corrected chi connectivity index (χ4v) is 4.69. The van der Waals surface area contributed by atoms with Crippen LogP contribution in [-0.4, -0.2) is 29.1 Å². The Morgan fingerprint density at radius 2 is 1.61 bits per heavy atom. The van der Waals surface area contributed by atoms with Gasteiger partial charge in [0, 0.05) is 35.8 Å². The molecule has 4 rings (SSSR count). The lowest BCUT2D eigenvalue weighted by molar-refractivity contribution is -0.122. The minimum atomic E-state index is -1.09. The van der Waals surface area contributed by atoms with Gasteiger partial charge in [-0.2, -0.15) is 0 Å². The minimum Gasteiger partial charge on any atom is -0.354 e. The summed E-state index contributed by atoms with van der Waals surface area (Å²) in [6.07, 6.45) is 3.56. The second kappa shape index (κ2) is 12.7. The van der Waals surface area contributed by atoms with E-state index in [9.17, 15) is 18.8 Å². The number of rotatable bonds is 9.